The molecule has 0 radical (unpaired) electrons. The van der Waals surface area contributed by atoms with Crippen LogP contribution in [0.5, 0.6) is 5.75 Å². The molecule has 0 aromatic heterocycles. The molecule has 0 spiro atoms. The van der Waals surface area contributed by atoms with Crippen molar-refractivity contribution in [1.29, 1.82) is 0 Å². The molecule has 0 saturated carbocycles. The average Bonchev–Trinajstić information content (AvgIpc) is 2.80. The van der Waals surface area contributed by atoms with Crippen molar-refractivity contribution in [2.75, 3.05) is 13.7 Å². The van der Waals surface area contributed by atoms with Crippen molar-refractivity contribution < 1.29 is 28.7 Å². The number of ketones is 3. The number of methoxy groups -OCH3 is 1. The number of hydrogen-bond acceptors (Lipinski definition) is 6. The zero-order valence-corrected chi connectivity index (χ0v) is 16.0. The number of benzene rings is 3. The van der Waals surface area contributed by atoms with Crippen molar-refractivity contribution >= 4 is 23.3 Å². The van der Waals surface area contributed by atoms with Gasteiger partial charge in [0.25, 0.3) is 0 Å². The molecule has 0 unspecified atom stereocenters. The van der Waals surface area contributed by atoms with Gasteiger partial charge in [-0.15, -0.1) is 0 Å². The standard InChI is InChI=1S/C24H16O6/c1-29-15-11-9-14(10-12-15)20(25)13-30-24(28)19-8-4-7-18-21(19)23(27)17-6-3-2-5-16(17)22(18)26/h2-12H,13H2,1H3. The topological polar surface area (TPSA) is 86.7 Å². The smallest absolute Gasteiger partial charge is 0.339 e. The Hall–Kier alpha value is -4.06. The molecule has 0 heterocycles. The van der Waals surface area contributed by atoms with Crippen LogP contribution in [0.15, 0.2) is 66.7 Å². The molecule has 148 valence electrons. The highest BCUT2D eigenvalue weighted by molar-refractivity contribution is 6.30. The Bertz CT molecular complexity index is 1190. The summed E-state index contributed by atoms with van der Waals surface area (Å²) in [5, 5.41) is 0. The number of esters is 1. The fourth-order valence-electron chi connectivity index (χ4n) is 3.38. The zero-order valence-electron chi connectivity index (χ0n) is 16.0. The molecular weight excluding hydrogens is 384 g/mol. The second-order valence-electron chi connectivity index (χ2n) is 6.66. The summed E-state index contributed by atoms with van der Waals surface area (Å²) in [6.45, 7) is -0.493. The maximum absolute atomic E-state index is 13.0. The predicted molar refractivity (Wildman–Crippen MR) is 107 cm³/mol. The lowest BCUT2D eigenvalue weighted by molar-refractivity contribution is 0.0472. The Morgan fingerprint density at radius 3 is 2.07 bits per heavy atom. The molecule has 0 bridgehead atoms. The first-order chi connectivity index (χ1) is 14.5. The quantitative estimate of drug-likeness (QED) is 0.376. The summed E-state index contributed by atoms with van der Waals surface area (Å²) in [6.07, 6.45) is 0. The molecule has 3 aromatic rings. The zero-order chi connectivity index (χ0) is 21.3. The molecule has 0 aliphatic heterocycles. The van der Waals surface area contributed by atoms with Crippen LogP contribution >= 0.6 is 0 Å². The number of carbonyl (C=O) groups excluding carboxylic acids is 4. The number of Topliss-reactive ketones (excluding diaryl/α,β-unsaturated/α-hetero) is 1. The summed E-state index contributed by atoms with van der Waals surface area (Å²) in [7, 11) is 1.52. The summed E-state index contributed by atoms with van der Waals surface area (Å²) in [4.78, 5) is 50.7. The van der Waals surface area contributed by atoms with Gasteiger partial charge in [-0.2, -0.15) is 0 Å². The normalized spacial score (nSPS) is 12.0. The van der Waals surface area contributed by atoms with Crippen LogP contribution in [-0.2, 0) is 4.74 Å². The van der Waals surface area contributed by atoms with Crippen molar-refractivity contribution in [3.63, 3.8) is 0 Å². The van der Waals surface area contributed by atoms with Crippen LogP contribution in [0.25, 0.3) is 0 Å². The summed E-state index contributed by atoms with van der Waals surface area (Å²) < 4.78 is 10.2. The number of carbonyl (C=O) groups is 4. The van der Waals surface area contributed by atoms with Gasteiger partial charge >= 0.3 is 5.97 Å². The van der Waals surface area contributed by atoms with Crippen LogP contribution in [0.1, 0.15) is 52.6 Å². The molecule has 1 aliphatic carbocycles. The lowest BCUT2D eigenvalue weighted by Crippen LogP contribution is -2.25. The van der Waals surface area contributed by atoms with Gasteiger partial charge in [0.15, 0.2) is 24.0 Å². The van der Waals surface area contributed by atoms with Gasteiger partial charge in [0.2, 0.25) is 0 Å². The van der Waals surface area contributed by atoms with E-state index in [1.807, 2.05) is 0 Å². The van der Waals surface area contributed by atoms with E-state index in [0.717, 1.165) is 0 Å². The third-order valence-electron chi connectivity index (χ3n) is 4.92. The van der Waals surface area contributed by atoms with E-state index in [1.165, 1.54) is 25.3 Å². The maximum Gasteiger partial charge on any atom is 0.339 e. The lowest BCUT2D eigenvalue weighted by atomic mass is 9.82. The van der Waals surface area contributed by atoms with Crippen LogP contribution in [0, 0.1) is 0 Å². The van der Waals surface area contributed by atoms with Crippen LogP contribution < -0.4 is 4.74 Å². The molecule has 0 atom stereocenters. The van der Waals surface area contributed by atoms with E-state index in [2.05, 4.69) is 0 Å². The van der Waals surface area contributed by atoms with Crippen molar-refractivity contribution in [1.82, 2.24) is 0 Å². The van der Waals surface area contributed by atoms with Gasteiger partial charge in [0, 0.05) is 27.8 Å². The maximum atomic E-state index is 13.0. The van der Waals surface area contributed by atoms with E-state index in [1.54, 1.807) is 48.5 Å². The molecule has 3 aromatic carbocycles. The van der Waals surface area contributed by atoms with Gasteiger partial charge in [-0.25, -0.2) is 4.79 Å². The Kier molecular flexibility index (Phi) is 4.98. The predicted octanol–water partition coefficient (Wildman–Crippen LogP) is 3.51. The highest BCUT2D eigenvalue weighted by atomic mass is 16.5. The largest absolute Gasteiger partial charge is 0.497 e. The van der Waals surface area contributed by atoms with Crippen molar-refractivity contribution in [2.45, 2.75) is 0 Å². The first-order valence-corrected chi connectivity index (χ1v) is 9.17. The molecule has 4 rings (SSSR count). The molecule has 6 heteroatoms. The number of ether oxygens (including phenoxy) is 2. The van der Waals surface area contributed by atoms with Crippen molar-refractivity contribution in [3.8, 4) is 5.75 Å². The summed E-state index contributed by atoms with van der Waals surface area (Å²) in [6, 6.07) is 17.3. The minimum atomic E-state index is -0.839. The van der Waals surface area contributed by atoms with E-state index in [9.17, 15) is 19.2 Å². The second-order valence-corrected chi connectivity index (χ2v) is 6.66. The lowest BCUT2D eigenvalue weighted by Gasteiger charge is -2.19. The van der Waals surface area contributed by atoms with E-state index in [-0.39, 0.29) is 28.0 Å². The first kappa shape index (κ1) is 19.3. The highest BCUT2D eigenvalue weighted by Crippen LogP contribution is 2.29. The Morgan fingerprint density at radius 2 is 1.40 bits per heavy atom. The number of fused-ring (bicyclic) bond motifs is 2. The molecule has 30 heavy (non-hydrogen) atoms. The summed E-state index contributed by atoms with van der Waals surface area (Å²) in [5.74, 6) is -1.39. The number of rotatable bonds is 5. The Labute approximate surface area is 172 Å². The summed E-state index contributed by atoms with van der Waals surface area (Å²) in [5.41, 5.74) is 1.01. The highest BCUT2D eigenvalue weighted by Gasteiger charge is 2.33. The number of hydrogen-bond donors (Lipinski definition) is 0. The minimum Gasteiger partial charge on any atom is -0.497 e. The molecule has 6 nitrogen and oxygen atoms in total. The van der Waals surface area contributed by atoms with Crippen LogP contribution in [0.2, 0.25) is 0 Å². The second kappa shape index (κ2) is 7.75. The third-order valence-corrected chi connectivity index (χ3v) is 4.92. The first-order valence-electron chi connectivity index (χ1n) is 9.17. The van der Waals surface area contributed by atoms with Gasteiger partial charge in [-0.05, 0) is 30.3 Å². The molecule has 0 fully saturated rings. The Balaban J connectivity index is 1.58. The van der Waals surface area contributed by atoms with E-state index < -0.39 is 24.1 Å². The van der Waals surface area contributed by atoms with E-state index >= 15 is 0 Å². The van der Waals surface area contributed by atoms with Gasteiger partial charge in [0.05, 0.1) is 12.7 Å². The van der Waals surface area contributed by atoms with Crippen LogP contribution in [0.3, 0.4) is 0 Å². The van der Waals surface area contributed by atoms with E-state index in [4.69, 9.17) is 9.47 Å². The molecular formula is C24H16O6. The van der Waals surface area contributed by atoms with Gasteiger partial charge in [-0.1, -0.05) is 36.4 Å². The van der Waals surface area contributed by atoms with Gasteiger partial charge in [0.1, 0.15) is 5.75 Å². The fourth-order valence-corrected chi connectivity index (χ4v) is 3.38. The summed E-state index contributed by atoms with van der Waals surface area (Å²) >= 11 is 0. The molecule has 0 saturated heterocycles. The molecule has 0 amide bonds. The minimum absolute atomic E-state index is 0.00287. The van der Waals surface area contributed by atoms with Crippen LogP contribution in [0.4, 0.5) is 0 Å². The van der Waals surface area contributed by atoms with Crippen molar-refractivity contribution in [2.24, 2.45) is 0 Å². The van der Waals surface area contributed by atoms with E-state index in [0.29, 0.717) is 16.9 Å². The van der Waals surface area contributed by atoms with Crippen molar-refractivity contribution in [3.05, 3.63) is 100 Å². The van der Waals surface area contributed by atoms with Gasteiger partial charge < -0.3 is 9.47 Å². The van der Waals surface area contributed by atoms with Crippen LogP contribution in [-0.4, -0.2) is 37.0 Å². The monoisotopic (exact) mass is 400 g/mol. The Morgan fingerprint density at radius 1 is 0.767 bits per heavy atom. The third kappa shape index (κ3) is 3.28. The fraction of sp³-hybridized carbons (Fsp3) is 0.0833. The van der Waals surface area contributed by atoms with Gasteiger partial charge in [-0.3, -0.25) is 14.4 Å². The molecule has 1 aliphatic rings. The average molecular weight is 400 g/mol. The molecule has 0 N–H and O–H groups in total. The SMILES string of the molecule is COc1ccc(C(=O)COC(=O)c2cccc3c2C(=O)c2ccccc2C3=O)cc1.